The first kappa shape index (κ1) is 15.8. The van der Waals surface area contributed by atoms with E-state index >= 15 is 0 Å². The van der Waals surface area contributed by atoms with E-state index in [1.807, 2.05) is 23.8 Å². The predicted molar refractivity (Wildman–Crippen MR) is 82.4 cm³/mol. The first-order chi connectivity index (χ1) is 10.1. The zero-order valence-electron chi connectivity index (χ0n) is 12.2. The normalized spacial score (nSPS) is 18.7. The van der Waals surface area contributed by atoms with Crippen LogP contribution in [0.25, 0.3) is 0 Å². The van der Waals surface area contributed by atoms with Crippen molar-refractivity contribution in [3.05, 3.63) is 22.4 Å². The van der Waals surface area contributed by atoms with E-state index in [0.29, 0.717) is 0 Å². The van der Waals surface area contributed by atoms with Crippen LogP contribution in [-0.4, -0.2) is 23.1 Å². The number of thiophene rings is 1. The summed E-state index contributed by atoms with van der Waals surface area (Å²) in [7, 11) is 0. The molecule has 0 saturated heterocycles. The van der Waals surface area contributed by atoms with Crippen LogP contribution < -0.4 is 10.6 Å². The highest BCUT2D eigenvalue weighted by atomic mass is 32.1. The van der Waals surface area contributed by atoms with Crippen LogP contribution in [0.5, 0.6) is 0 Å². The summed E-state index contributed by atoms with van der Waals surface area (Å²) in [5, 5.41) is 18.7. The molecule has 2 unspecified atom stereocenters. The lowest BCUT2D eigenvalue weighted by atomic mass is 9.84. The quantitative estimate of drug-likeness (QED) is 0.781. The molecule has 116 valence electrons. The van der Waals surface area contributed by atoms with Crippen molar-refractivity contribution >= 4 is 23.3 Å². The average molecular weight is 310 g/mol. The predicted octanol–water partition coefficient (Wildman–Crippen LogP) is 3.14. The Hall–Kier alpha value is -1.56. The van der Waals surface area contributed by atoms with Crippen molar-refractivity contribution in [1.29, 1.82) is 0 Å². The number of amides is 2. The molecule has 6 heteroatoms. The van der Waals surface area contributed by atoms with E-state index < -0.39 is 18.0 Å². The molecule has 5 nitrogen and oxygen atoms in total. The lowest BCUT2D eigenvalue weighted by Crippen LogP contribution is -2.50. The van der Waals surface area contributed by atoms with E-state index in [1.165, 1.54) is 0 Å². The van der Waals surface area contributed by atoms with Crippen LogP contribution in [0.1, 0.15) is 50.6 Å². The van der Waals surface area contributed by atoms with Gasteiger partial charge < -0.3 is 15.7 Å². The molecule has 1 fully saturated rings. The minimum absolute atomic E-state index is 0.0402. The van der Waals surface area contributed by atoms with Crippen molar-refractivity contribution < 1.29 is 14.7 Å². The second-order valence-electron chi connectivity index (χ2n) is 5.61. The Balaban J connectivity index is 1.90. The van der Waals surface area contributed by atoms with E-state index in [2.05, 4.69) is 10.6 Å². The summed E-state index contributed by atoms with van der Waals surface area (Å²) in [6.07, 6.45) is 4.99. The Bertz CT molecular complexity index is 469. The zero-order chi connectivity index (χ0) is 15.2. The minimum atomic E-state index is -0.944. The summed E-state index contributed by atoms with van der Waals surface area (Å²) in [6, 6.07) is 0.620. The van der Waals surface area contributed by atoms with Gasteiger partial charge in [-0.05, 0) is 48.1 Å². The third-order valence-corrected chi connectivity index (χ3v) is 4.77. The van der Waals surface area contributed by atoms with Gasteiger partial charge in [0.1, 0.15) is 6.04 Å². The van der Waals surface area contributed by atoms with Crippen LogP contribution in [0.15, 0.2) is 16.8 Å². The molecule has 1 saturated carbocycles. The first-order valence-corrected chi connectivity index (χ1v) is 8.34. The van der Waals surface area contributed by atoms with Gasteiger partial charge in [-0.3, -0.25) is 0 Å². The Morgan fingerprint density at radius 2 is 2.00 bits per heavy atom. The monoisotopic (exact) mass is 310 g/mol. The smallest absolute Gasteiger partial charge is 0.326 e. The SMILES string of the molecule is CC(NC(=O)NC(C(=O)O)C1CCCCC1)c1ccsc1. The van der Waals surface area contributed by atoms with Crippen molar-refractivity contribution in [2.45, 2.75) is 51.1 Å². The molecule has 3 N–H and O–H groups in total. The van der Waals surface area contributed by atoms with Gasteiger partial charge in [0, 0.05) is 0 Å². The average Bonchev–Trinajstić information content (AvgIpc) is 2.99. The van der Waals surface area contributed by atoms with Crippen molar-refractivity contribution in [3.63, 3.8) is 0 Å². The minimum Gasteiger partial charge on any atom is -0.480 e. The Morgan fingerprint density at radius 3 is 2.57 bits per heavy atom. The van der Waals surface area contributed by atoms with Crippen LogP contribution in [0.3, 0.4) is 0 Å². The van der Waals surface area contributed by atoms with Crippen molar-refractivity contribution in [3.8, 4) is 0 Å². The van der Waals surface area contributed by atoms with E-state index in [1.54, 1.807) is 11.3 Å². The topological polar surface area (TPSA) is 78.4 Å². The maximum Gasteiger partial charge on any atom is 0.326 e. The van der Waals surface area contributed by atoms with Crippen molar-refractivity contribution in [2.75, 3.05) is 0 Å². The summed E-state index contributed by atoms with van der Waals surface area (Å²) >= 11 is 1.57. The number of carbonyl (C=O) groups is 2. The molecule has 0 radical (unpaired) electrons. The number of nitrogens with one attached hydrogen (secondary N) is 2. The largest absolute Gasteiger partial charge is 0.480 e. The number of hydrogen-bond acceptors (Lipinski definition) is 3. The van der Waals surface area contributed by atoms with E-state index in [4.69, 9.17) is 0 Å². The number of aliphatic carboxylic acids is 1. The van der Waals surface area contributed by atoms with Gasteiger partial charge in [-0.25, -0.2) is 9.59 Å². The molecule has 21 heavy (non-hydrogen) atoms. The van der Waals surface area contributed by atoms with Crippen molar-refractivity contribution in [1.82, 2.24) is 10.6 Å². The molecular formula is C15H22N2O3S. The lowest BCUT2D eigenvalue weighted by Gasteiger charge is -2.28. The molecule has 1 aromatic rings. The second-order valence-corrected chi connectivity index (χ2v) is 6.39. The summed E-state index contributed by atoms with van der Waals surface area (Å²) in [4.78, 5) is 23.4. The van der Waals surface area contributed by atoms with Crippen LogP contribution in [0.4, 0.5) is 4.79 Å². The lowest BCUT2D eigenvalue weighted by molar-refractivity contribution is -0.141. The Morgan fingerprint density at radius 1 is 1.29 bits per heavy atom. The van der Waals surface area contributed by atoms with Gasteiger partial charge >= 0.3 is 12.0 Å². The van der Waals surface area contributed by atoms with E-state index in [0.717, 1.165) is 37.7 Å². The maximum atomic E-state index is 12.0. The molecule has 0 bridgehead atoms. The second kappa shape index (κ2) is 7.45. The van der Waals surface area contributed by atoms with Gasteiger partial charge in [-0.1, -0.05) is 19.3 Å². The number of urea groups is 1. The van der Waals surface area contributed by atoms with Gasteiger partial charge in [-0.2, -0.15) is 11.3 Å². The number of hydrogen-bond donors (Lipinski definition) is 3. The number of carboxylic acid groups (broad SMARTS) is 1. The summed E-state index contributed by atoms with van der Waals surface area (Å²) in [6.45, 7) is 1.89. The highest BCUT2D eigenvalue weighted by Gasteiger charge is 2.30. The molecule has 2 amide bonds. The zero-order valence-corrected chi connectivity index (χ0v) is 13.0. The molecule has 0 aliphatic heterocycles. The van der Waals surface area contributed by atoms with Gasteiger partial charge in [-0.15, -0.1) is 0 Å². The van der Waals surface area contributed by atoms with Gasteiger partial charge in [0.2, 0.25) is 0 Å². The molecule has 0 aromatic carbocycles. The number of carbonyl (C=O) groups excluding carboxylic acids is 1. The Kier molecular flexibility index (Phi) is 5.61. The molecule has 1 heterocycles. The molecular weight excluding hydrogens is 288 g/mol. The highest BCUT2D eigenvalue weighted by molar-refractivity contribution is 7.07. The highest BCUT2D eigenvalue weighted by Crippen LogP contribution is 2.26. The molecule has 1 aliphatic rings. The number of carboxylic acids is 1. The summed E-state index contributed by atoms with van der Waals surface area (Å²) in [5.41, 5.74) is 1.03. The summed E-state index contributed by atoms with van der Waals surface area (Å²) in [5.74, 6) is -0.904. The van der Waals surface area contributed by atoms with E-state index in [-0.39, 0.29) is 12.0 Å². The number of rotatable bonds is 5. The standard InChI is InChI=1S/C15H22N2O3S/c1-10(12-7-8-21-9-12)16-15(20)17-13(14(18)19)11-5-3-2-4-6-11/h7-11,13H,2-6H2,1H3,(H,18,19)(H2,16,17,20). The van der Waals surface area contributed by atoms with Crippen LogP contribution >= 0.6 is 11.3 Å². The third-order valence-electron chi connectivity index (χ3n) is 4.06. The van der Waals surface area contributed by atoms with Crippen molar-refractivity contribution in [2.24, 2.45) is 5.92 Å². The molecule has 1 aliphatic carbocycles. The van der Waals surface area contributed by atoms with Crippen LogP contribution in [0, 0.1) is 5.92 Å². The molecule has 2 rings (SSSR count). The summed E-state index contributed by atoms with van der Waals surface area (Å²) < 4.78 is 0. The van der Waals surface area contributed by atoms with Crippen LogP contribution in [-0.2, 0) is 4.79 Å². The molecule has 2 atom stereocenters. The third kappa shape index (κ3) is 4.46. The maximum absolute atomic E-state index is 12.0. The fourth-order valence-corrected chi connectivity index (χ4v) is 3.59. The van der Waals surface area contributed by atoms with E-state index in [9.17, 15) is 14.7 Å². The molecule has 1 aromatic heterocycles. The van der Waals surface area contributed by atoms with Gasteiger partial charge in [0.05, 0.1) is 6.04 Å². The fourth-order valence-electron chi connectivity index (χ4n) is 2.83. The van der Waals surface area contributed by atoms with Crippen LogP contribution in [0.2, 0.25) is 0 Å². The Labute approximate surface area is 128 Å². The first-order valence-electron chi connectivity index (χ1n) is 7.40. The van der Waals surface area contributed by atoms with Gasteiger partial charge in [0.25, 0.3) is 0 Å². The fraction of sp³-hybridized carbons (Fsp3) is 0.600. The van der Waals surface area contributed by atoms with Gasteiger partial charge in [0.15, 0.2) is 0 Å². The molecule has 0 spiro atoms.